The predicted octanol–water partition coefficient (Wildman–Crippen LogP) is 5.35. The minimum absolute atomic E-state index is 0.0770. The van der Waals surface area contributed by atoms with Gasteiger partial charge in [-0.1, -0.05) is 84.0 Å². The minimum Gasteiger partial charge on any atom is -0.445 e. The summed E-state index contributed by atoms with van der Waals surface area (Å²) in [6, 6.07) is 29.6. The number of alkyl carbamates (subject to hydrolysis) is 1. The number of hydrogen-bond acceptors (Lipinski definition) is 8. The van der Waals surface area contributed by atoms with Crippen LogP contribution >= 0.6 is 0 Å². The first-order valence-electron chi connectivity index (χ1n) is 14.9. The number of aromatic nitrogens is 2. The van der Waals surface area contributed by atoms with E-state index < -0.39 is 17.9 Å². The van der Waals surface area contributed by atoms with Crippen molar-refractivity contribution in [3.05, 3.63) is 131 Å². The Kier molecular flexibility index (Phi) is 10.6. The molecule has 0 saturated carbocycles. The third kappa shape index (κ3) is 8.84. The summed E-state index contributed by atoms with van der Waals surface area (Å²) in [5.41, 5.74) is 8.80. The normalized spacial score (nSPS) is 11.6. The number of rotatable bonds is 14. The predicted molar refractivity (Wildman–Crippen MR) is 169 cm³/mol. The highest BCUT2D eigenvalue weighted by Gasteiger charge is 2.27. The van der Waals surface area contributed by atoms with Crippen molar-refractivity contribution >= 4 is 28.6 Å². The van der Waals surface area contributed by atoms with Crippen molar-refractivity contribution in [3.63, 3.8) is 0 Å². The Morgan fingerprint density at radius 2 is 1.56 bits per heavy atom. The van der Waals surface area contributed by atoms with E-state index in [1.165, 1.54) is 0 Å². The summed E-state index contributed by atoms with van der Waals surface area (Å²) in [7, 11) is 0. The summed E-state index contributed by atoms with van der Waals surface area (Å²) in [4.78, 5) is 42.7. The fourth-order valence-corrected chi connectivity index (χ4v) is 4.83. The van der Waals surface area contributed by atoms with Gasteiger partial charge in [-0.3, -0.25) is 9.59 Å². The molecule has 230 valence electrons. The van der Waals surface area contributed by atoms with Gasteiger partial charge < -0.3 is 25.6 Å². The first kappa shape index (κ1) is 31.1. The van der Waals surface area contributed by atoms with Crippen LogP contribution in [-0.4, -0.2) is 40.5 Å². The molecule has 1 heterocycles. The van der Waals surface area contributed by atoms with Gasteiger partial charge in [0, 0.05) is 12.1 Å². The number of unbranched alkanes of at least 4 members (excludes halogenated alkanes) is 1. The number of carbonyl (C=O) groups excluding carboxylic acids is 3. The van der Waals surface area contributed by atoms with Gasteiger partial charge in [-0.2, -0.15) is 4.98 Å². The molecule has 0 unspecified atom stereocenters. The van der Waals surface area contributed by atoms with E-state index >= 15 is 0 Å². The topological polar surface area (TPSA) is 149 Å². The van der Waals surface area contributed by atoms with Crippen molar-refractivity contribution < 1.29 is 23.6 Å². The average molecular weight is 606 g/mol. The average Bonchev–Trinajstić information content (AvgIpc) is 3.54. The number of amides is 2. The van der Waals surface area contributed by atoms with Crippen LogP contribution in [0.2, 0.25) is 0 Å². The molecule has 0 aliphatic rings. The first-order valence-corrected chi connectivity index (χ1v) is 14.9. The van der Waals surface area contributed by atoms with Crippen LogP contribution in [0.15, 0.2) is 102 Å². The smallest absolute Gasteiger partial charge is 0.408 e. The van der Waals surface area contributed by atoms with Gasteiger partial charge in [0.15, 0.2) is 0 Å². The van der Waals surface area contributed by atoms with Crippen LogP contribution in [0.4, 0.5) is 4.79 Å². The summed E-state index contributed by atoms with van der Waals surface area (Å²) < 4.78 is 10.6. The van der Waals surface area contributed by atoms with Gasteiger partial charge in [0.1, 0.15) is 6.61 Å². The van der Waals surface area contributed by atoms with Gasteiger partial charge in [0.2, 0.25) is 17.5 Å². The molecule has 0 aliphatic carbocycles. The molecule has 0 bridgehead atoms. The van der Waals surface area contributed by atoms with Gasteiger partial charge in [-0.15, -0.1) is 0 Å². The first-order chi connectivity index (χ1) is 22.0. The highest BCUT2D eigenvalue weighted by atomic mass is 16.5. The van der Waals surface area contributed by atoms with E-state index in [4.69, 9.17) is 15.0 Å². The molecule has 0 saturated heterocycles. The summed E-state index contributed by atoms with van der Waals surface area (Å²) in [6.45, 7) is 0.960. The maximum atomic E-state index is 13.2. The zero-order valence-corrected chi connectivity index (χ0v) is 24.8. The zero-order chi connectivity index (χ0) is 31.4. The summed E-state index contributed by atoms with van der Waals surface area (Å²) in [5.74, 6) is -0.553. The number of ketones is 1. The van der Waals surface area contributed by atoms with E-state index in [0.717, 1.165) is 27.5 Å². The Hall–Kier alpha value is -5.35. The second-order valence-corrected chi connectivity index (χ2v) is 10.7. The van der Waals surface area contributed by atoms with Crippen LogP contribution in [0.3, 0.4) is 0 Å². The molecule has 0 radical (unpaired) electrons. The Morgan fingerprint density at radius 3 is 2.33 bits per heavy atom. The van der Waals surface area contributed by atoms with E-state index in [1.54, 1.807) is 24.3 Å². The number of benzene rings is 4. The number of nitrogens with two attached hydrogens (primary N) is 1. The van der Waals surface area contributed by atoms with Crippen molar-refractivity contribution in [1.82, 2.24) is 20.8 Å². The molecule has 10 nitrogen and oxygen atoms in total. The van der Waals surface area contributed by atoms with E-state index in [9.17, 15) is 14.4 Å². The zero-order valence-electron chi connectivity index (χ0n) is 24.8. The quantitative estimate of drug-likeness (QED) is 0.113. The Morgan fingerprint density at radius 1 is 0.822 bits per heavy atom. The number of Topliss-reactive ketones (excluding diaryl/α,β-unsaturated/α-hetero) is 1. The fourth-order valence-electron chi connectivity index (χ4n) is 4.83. The number of ether oxygens (including phenoxy) is 1. The van der Waals surface area contributed by atoms with Crippen molar-refractivity contribution in [2.24, 2.45) is 5.73 Å². The summed E-state index contributed by atoms with van der Waals surface area (Å²) in [6.07, 6.45) is 1.22. The largest absolute Gasteiger partial charge is 0.445 e. The third-order valence-corrected chi connectivity index (χ3v) is 7.30. The Bertz CT molecular complexity index is 1740. The number of carbonyl (C=O) groups is 3. The fraction of sp³-hybridized carbons (Fsp3) is 0.229. The van der Waals surface area contributed by atoms with Crippen molar-refractivity contribution in [3.8, 4) is 0 Å². The molecule has 4 aromatic carbocycles. The van der Waals surface area contributed by atoms with Crippen LogP contribution in [0, 0.1) is 0 Å². The number of nitrogens with zero attached hydrogens (tertiary/aromatic N) is 2. The van der Waals surface area contributed by atoms with Gasteiger partial charge in [0.05, 0.1) is 12.5 Å². The standard InChI is InChI=1S/C35H35N5O5/c36-19-7-6-12-30(38-35(43)44-23-25-8-2-1-3-9-25)32(41)33-39-31(45-40-33)21-24-13-17-28(18-14-24)34(42)37-22-26-15-16-27-10-4-5-11-29(27)20-26/h1-5,8-11,13-18,20,30H,6-7,12,19,21-23,36H2,(H,37,42)(H,38,43)/t30-/m0/s1. The highest BCUT2D eigenvalue weighted by Crippen LogP contribution is 2.16. The minimum atomic E-state index is -0.891. The van der Waals surface area contributed by atoms with E-state index in [2.05, 4.69) is 32.9 Å². The van der Waals surface area contributed by atoms with Crippen LogP contribution < -0.4 is 16.4 Å². The molecule has 0 spiro atoms. The molecule has 4 N–H and O–H groups in total. The summed E-state index contributed by atoms with van der Waals surface area (Å²) in [5, 5.41) is 11.7. The molecule has 5 aromatic rings. The molecular formula is C35H35N5O5. The molecule has 45 heavy (non-hydrogen) atoms. The van der Waals surface area contributed by atoms with E-state index in [1.807, 2.05) is 60.7 Å². The van der Waals surface area contributed by atoms with Crippen LogP contribution in [0.5, 0.6) is 0 Å². The van der Waals surface area contributed by atoms with Gasteiger partial charge in [-0.05, 0) is 71.5 Å². The Balaban J connectivity index is 1.15. The maximum absolute atomic E-state index is 13.2. The van der Waals surface area contributed by atoms with E-state index in [0.29, 0.717) is 37.9 Å². The summed E-state index contributed by atoms with van der Waals surface area (Å²) >= 11 is 0. The molecule has 5 rings (SSSR count). The van der Waals surface area contributed by atoms with Gasteiger partial charge in [-0.25, -0.2) is 4.79 Å². The monoisotopic (exact) mass is 605 g/mol. The third-order valence-electron chi connectivity index (χ3n) is 7.30. The molecule has 1 atom stereocenters. The van der Waals surface area contributed by atoms with Gasteiger partial charge >= 0.3 is 6.09 Å². The lowest BCUT2D eigenvalue weighted by molar-refractivity contribution is 0.0896. The molecule has 10 heteroatoms. The highest BCUT2D eigenvalue weighted by molar-refractivity contribution is 5.98. The maximum Gasteiger partial charge on any atom is 0.408 e. The number of fused-ring (bicyclic) bond motifs is 1. The molecule has 1 aromatic heterocycles. The van der Waals surface area contributed by atoms with Crippen molar-refractivity contribution in [2.75, 3.05) is 6.54 Å². The van der Waals surface area contributed by atoms with Crippen molar-refractivity contribution in [1.29, 1.82) is 0 Å². The second-order valence-electron chi connectivity index (χ2n) is 10.7. The molecular weight excluding hydrogens is 570 g/mol. The second kappa shape index (κ2) is 15.4. The number of nitrogens with one attached hydrogen (secondary N) is 2. The van der Waals surface area contributed by atoms with Crippen LogP contribution in [0.1, 0.15) is 62.8 Å². The lowest BCUT2D eigenvalue weighted by Crippen LogP contribution is -2.41. The lowest BCUT2D eigenvalue weighted by Gasteiger charge is -2.16. The number of hydrogen-bond donors (Lipinski definition) is 3. The Labute approximate surface area is 261 Å². The molecule has 0 fully saturated rings. The van der Waals surface area contributed by atoms with Crippen molar-refractivity contribution in [2.45, 2.75) is 44.9 Å². The molecule has 0 aliphatic heterocycles. The lowest BCUT2D eigenvalue weighted by atomic mass is 10.0. The van der Waals surface area contributed by atoms with Crippen LogP contribution in [-0.2, 0) is 24.3 Å². The van der Waals surface area contributed by atoms with Gasteiger partial charge in [0.25, 0.3) is 5.91 Å². The SMILES string of the molecule is NCCCC[C@H](NC(=O)OCc1ccccc1)C(=O)c1noc(Cc2ccc(C(=O)NCc3ccc4ccccc4c3)cc2)n1. The molecule has 2 amide bonds. The van der Waals surface area contributed by atoms with Crippen LogP contribution in [0.25, 0.3) is 10.8 Å². The van der Waals surface area contributed by atoms with E-state index in [-0.39, 0.29) is 30.7 Å².